The quantitative estimate of drug-likeness (QED) is 0.797. The maximum absolute atomic E-state index is 12.7. The van der Waals surface area contributed by atoms with Gasteiger partial charge in [0, 0.05) is 5.69 Å². The van der Waals surface area contributed by atoms with Crippen molar-refractivity contribution in [3.63, 3.8) is 0 Å². The molecule has 5 nitrogen and oxygen atoms in total. The Hall–Kier alpha value is -3.21. The van der Waals surface area contributed by atoms with Crippen LogP contribution in [0.4, 0.5) is 21.9 Å². The number of nitrogens with zero attached hydrogens (tertiary/aromatic N) is 3. The Morgan fingerprint density at radius 1 is 0.818 bits per heavy atom. The molecular formula is C17H14N4O. The SMILES string of the molecule is O=C(Nc1ccccc1)N(c1ccccc1)c1cncnc1. The van der Waals surface area contributed by atoms with E-state index in [1.807, 2.05) is 60.7 Å². The third kappa shape index (κ3) is 3.09. The van der Waals surface area contributed by atoms with Crippen LogP contribution in [0.25, 0.3) is 0 Å². The first-order valence-electron chi connectivity index (χ1n) is 6.81. The minimum absolute atomic E-state index is 0.271. The third-order valence-corrected chi connectivity index (χ3v) is 3.05. The van der Waals surface area contributed by atoms with E-state index in [0.717, 1.165) is 11.4 Å². The Morgan fingerprint density at radius 2 is 1.41 bits per heavy atom. The molecule has 0 aliphatic rings. The summed E-state index contributed by atoms with van der Waals surface area (Å²) in [7, 11) is 0. The molecule has 0 saturated carbocycles. The molecule has 1 N–H and O–H groups in total. The van der Waals surface area contributed by atoms with Crippen molar-refractivity contribution in [1.82, 2.24) is 9.97 Å². The summed E-state index contributed by atoms with van der Waals surface area (Å²) < 4.78 is 0. The zero-order chi connectivity index (χ0) is 15.2. The summed E-state index contributed by atoms with van der Waals surface area (Å²) in [5, 5.41) is 2.87. The van der Waals surface area contributed by atoms with E-state index in [9.17, 15) is 4.79 Å². The number of aromatic nitrogens is 2. The first kappa shape index (κ1) is 13.8. The number of hydrogen-bond acceptors (Lipinski definition) is 3. The maximum atomic E-state index is 12.7. The highest BCUT2D eigenvalue weighted by Gasteiger charge is 2.18. The molecule has 0 unspecified atom stereocenters. The van der Waals surface area contributed by atoms with Gasteiger partial charge in [-0.1, -0.05) is 36.4 Å². The van der Waals surface area contributed by atoms with Crippen LogP contribution in [0.5, 0.6) is 0 Å². The van der Waals surface area contributed by atoms with Crippen molar-refractivity contribution in [2.75, 3.05) is 10.2 Å². The Labute approximate surface area is 128 Å². The number of nitrogens with one attached hydrogen (secondary N) is 1. The van der Waals surface area contributed by atoms with Crippen molar-refractivity contribution in [1.29, 1.82) is 0 Å². The van der Waals surface area contributed by atoms with E-state index < -0.39 is 0 Å². The molecule has 0 radical (unpaired) electrons. The highest BCUT2D eigenvalue weighted by atomic mass is 16.2. The van der Waals surface area contributed by atoms with E-state index in [0.29, 0.717) is 5.69 Å². The fraction of sp³-hybridized carbons (Fsp3) is 0. The van der Waals surface area contributed by atoms with Gasteiger partial charge in [0.25, 0.3) is 0 Å². The Balaban J connectivity index is 1.94. The highest BCUT2D eigenvalue weighted by Crippen LogP contribution is 2.24. The van der Waals surface area contributed by atoms with Crippen molar-refractivity contribution in [2.45, 2.75) is 0 Å². The first-order valence-corrected chi connectivity index (χ1v) is 6.81. The predicted octanol–water partition coefficient (Wildman–Crippen LogP) is 3.85. The van der Waals surface area contributed by atoms with Gasteiger partial charge >= 0.3 is 6.03 Å². The van der Waals surface area contributed by atoms with Gasteiger partial charge in [-0.2, -0.15) is 0 Å². The molecule has 22 heavy (non-hydrogen) atoms. The topological polar surface area (TPSA) is 58.1 Å². The van der Waals surface area contributed by atoms with Gasteiger partial charge in [0.2, 0.25) is 0 Å². The number of carbonyl (C=O) groups is 1. The standard InChI is InChI=1S/C17H14N4O/c22-17(20-14-7-3-1-4-8-14)21(15-9-5-2-6-10-15)16-11-18-13-19-12-16/h1-13H,(H,20,22). The molecule has 0 bridgehead atoms. The van der Waals surface area contributed by atoms with Gasteiger partial charge in [-0.05, 0) is 24.3 Å². The molecule has 0 saturated heterocycles. The first-order chi connectivity index (χ1) is 10.8. The lowest BCUT2D eigenvalue weighted by Crippen LogP contribution is -2.30. The maximum Gasteiger partial charge on any atom is 0.331 e. The summed E-state index contributed by atoms with van der Waals surface area (Å²) in [5.74, 6) is 0. The predicted molar refractivity (Wildman–Crippen MR) is 86.1 cm³/mol. The number of rotatable bonds is 3. The van der Waals surface area contributed by atoms with Gasteiger partial charge in [0.15, 0.2) is 0 Å². The van der Waals surface area contributed by atoms with Crippen LogP contribution in [0.15, 0.2) is 79.4 Å². The van der Waals surface area contributed by atoms with Crippen LogP contribution in [-0.2, 0) is 0 Å². The summed E-state index contributed by atoms with van der Waals surface area (Å²) in [6.45, 7) is 0. The molecule has 0 spiro atoms. The Bertz CT molecular complexity index is 693. The summed E-state index contributed by atoms with van der Waals surface area (Å²) in [6, 6.07) is 18.4. The lowest BCUT2D eigenvalue weighted by atomic mass is 10.2. The largest absolute Gasteiger partial charge is 0.331 e. The molecule has 3 rings (SSSR count). The molecule has 5 heteroatoms. The van der Waals surface area contributed by atoms with Crippen molar-refractivity contribution in [3.8, 4) is 0 Å². The van der Waals surface area contributed by atoms with E-state index in [4.69, 9.17) is 0 Å². The van der Waals surface area contributed by atoms with Gasteiger partial charge in [-0.3, -0.25) is 4.90 Å². The summed E-state index contributed by atoms with van der Waals surface area (Å²) in [4.78, 5) is 22.2. The van der Waals surface area contributed by atoms with E-state index >= 15 is 0 Å². The number of urea groups is 1. The molecule has 108 valence electrons. The van der Waals surface area contributed by atoms with Crippen LogP contribution < -0.4 is 10.2 Å². The van der Waals surface area contributed by atoms with Crippen LogP contribution >= 0.6 is 0 Å². The van der Waals surface area contributed by atoms with Crippen LogP contribution in [0.2, 0.25) is 0 Å². The van der Waals surface area contributed by atoms with Gasteiger partial charge in [0.05, 0.1) is 23.8 Å². The third-order valence-electron chi connectivity index (χ3n) is 3.05. The molecule has 0 atom stereocenters. The average Bonchev–Trinajstić information content (AvgIpc) is 2.58. The van der Waals surface area contributed by atoms with E-state index in [2.05, 4.69) is 15.3 Å². The molecule has 2 amide bonds. The molecule has 1 aromatic heterocycles. The van der Waals surface area contributed by atoms with Crippen LogP contribution in [0, 0.1) is 0 Å². The van der Waals surface area contributed by atoms with Crippen molar-refractivity contribution in [3.05, 3.63) is 79.4 Å². The Kier molecular flexibility index (Phi) is 4.06. The van der Waals surface area contributed by atoms with Gasteiger partial charge in [0.1, 0.15) is 6.33 Å². The van der Waals surface area contributed by atoms with E-state index in [1.165, 1.54) is 11.2 Å². The number of para-hydroxylation sites is 2. The average molecular weight is 290 g/mol. The number of hydrogen-bond donors (Lipinski definition) is 1. The zero-order valence-corrected chi connectivity index (χ0v) is 11.8. The fourth-order valence-corrected chi connectivity index (χ4v) is 2.07. The second-order valence-corrected chi connectivity index (χ2v) is 4.56. The van der Waals surface area contributed by atoms with Crippen LogP contribution in [0.1, 0.15) is 0 Å². The fourth-order valence-electron chi connectivity index (χ4n) is 2.07. The Morgan fingerprint density at radius 3 is 2.05 bits per heavy atom. The van der Waals surface area contributed by atoms with Gasteiger partial charge in [-0.25, -0.2) is 14.8 Å². The molecule has 3 aromatic rings. The molecule has 0 fully saturated rings. The lowest BCUT2D eigenvalue weighted by Gasteiger charge is -2.22. The summed E-state index contributed by atoms with van der Waals surface area (Å²) in [5.41, 5.74) is 2.07. The van der Waals surface area contributed by atoms with Crippen LogP contribution in [-0.4, -0.2) is 16.0 Å². The minimum Gasteiger partial charge on any atom is -0.307 e. The number of anilines is 3. The van der Waals surface area contributed by atoms with Gasteiger partial charge < -0.3 is 5.32 Å². The minimum atomic E-state index is -0.271. The highest BCUT2D eigenvalue weighted by molar-refractivity contribution is 6.06. The van der Waals surface area contributed by atoms with E-state index in [1.54, 1.807) is 12.4 Å². The molecule has 1 heterocycles. The molecular weight excluding hydrogens is 276 g/mol. The van der Waals surface area contributed by atoms with Crippen molar-refractivity contribution < 1.29 is 4.79 Å². The smallest absolute Gasteiger partial charge is 0.307 e. The zero-order valence-electron chi connectivity index (χ0n) is 11.8. The molecule has 0 aliphatic heterocycles. The van der Waals surface area contributed by atoms with E-state index in [-0.39, 0.29) is 6.03 Å². The van der Waals surface area contributed by atoms with Crippen molar-refractivity contribution in [2.24, 2.45) is 0 Å². The number of carbonyl (C=O) groups excluding carboxylic acids is 1. The lowest BCUT2D eigenvalue weighted by molar-refractivity contribution is 0.259. The van der Waals surface area contributed by atoms with Crippen LogP contribution in [0.3, 0.4) is 0 Å². The molecule has 0 aliphatic carbocycles. The monoisotopic (exact) mass is 290 g/mol. The number of benzene rings is 2. The second-order valence-electron chi connectivity index (χ2n) is 4.56. The van der Waals surface area contributed by atoms with Gasteiger partial charge in [-0.15, -0.1) is 0 Å². The second kappa shape index (κ2) is 6.49. The summed E-state index contributed by atoms with van der Waals surface area (Å²) in [6.07, 6.45) is 4.64. The molecule has 2 aromatic carbocycles. The van der Waals surface area contributed by atoms with Crippen molar-refractivity contribution >= 4 is 23.1 Å². The summed E-state index contributed by atoms with van der Waals surface area (Å²) >= 11 is 0. The normalized spacial score (nSPS) is 10.0. The number of amides is 2.